The van der Waals surface area contributed by atoms with Crippen molar-refractivity contribution < 1.29 is 0 Å². The molecule has 86 valence electrons. The van der Waals surface area contributed by atoms with Crippen molar-refractivity contribution in [1.29, 1.82) is 0 Å². The molecule has 0 saturated carbocycles. The van der Waals surface area contributed by atoms with Gasteiger partial charge in [0.15, 0.2) is 0 Å². The highest BCUT2D eigenvalue weighted by molar-refractivity contribution is 6.11. The van der Waals surface area contributed by atoms with E-state index in [0.29, 0.717) is 5.69 Å². The highest BCUT2D eigenvalue weighted by atomic mass is 15.1. The van der Waals surface area contributed by atoms with Crippen molar-refractivity contribution in [2.45, 2.75) is 6.92 Å². The molecule has 1 aromatic heterocycles. The molecule has 0 aliphatic heterocycles. The summed E-state index contributed by atoms with van der Waals surface area (Å²) in [7, 11) is 0. The van der Waals surface area contributed by atoms with Crippen LogP contribution in [0.4, 0.5) is 5.69 Å². The molecule has 18 heavy (non-hydrogen) atoms. The molecule has 2 aromatic carbocycles. The average molecular weight is 234 g/mol. The first-order chi connectivity index (χ1) is 8.79. The fraction of sp³-hybridized carbons (Fsp3) is 0.0714. The van der Waals surface area contributed by atoms with Crippen molar-refractivity contribution >= 4 is 27.4 Å². The number of fused-ring (bicyclic) bond motifs is 3. The Hall–Kier alpha value is -2.58. The van der Waals surface area contributed by atoms with Gasteiger partial charge in [0.1, 0.15) is 0 Å². The van der Waals surface area contributed by atoms with Crippen LogP contribution in [0.1, 0.15) is 5.69 Å². The van der Waals surface area contributed by atoms with E-state index in [1.54, 1.807) is 0 Å². The third-order valence-electron chi connectivity index (χ3n) is 2.96. The average Bonchev–Trinajstić information content (AvgIpc) is 2.38. The Labute approximate surface area is 104 Å². The molecule has 0 spiro atoms. The summed E-state index contributed by atoms with van der Waals surface area (Å²) >= 11 is 0. The highest BCUT2D eigenvalue weighted by Crippen LogP contribution is 2.32. The highest BCUT2D eigenvalue weighted by Gasteiger charge is 2.06. The smallest absolute Gasteiger partial charge is 0.0716 e. The lowest BCUT2D eigenvalue weighted by molar-refractivity contribution is 1.25. The monoisotopic (exact) mass is 234 g/mol. The van der Waals surface area contributed by atoms with Crippen LogP contribution < -0.4 is 0 Å². The normalized spacial score (nSPS) is 10.5. The van der Waals surface area contributed by atoms with Gasteiger partial charge < -0.3 is 0 Å². The summed E-state index contributed by atoms with van der Waals surface area (Å²) in [5.74, 6) is 0. The number of azide groups is 1. The standard InChI is InChI=1S/C14H10N4/c1-9-8-13(17-18-15)14-11-5-3-2-4-10(11)6-7-12(14)16-9/h2-8H,1H3. The van der Waals surface area contributed by atoms with Gasteiger partial charge in [0.25, 0.3) is 0 Å². The Balaban J connectivity index is 2.59. The molecule has 0 N–H and O–H groups in total. The van der Waals surface area contributed by atoms with E-state index in [1.165, 1.54) is 0 Å². The SMILES string of the molecule is Cc1cc(N=[N+]=[N-])c2c(ccc3ccccc32)n1. The van der Waals surface area contributed by atoms with Crippen molar-refractivity contribution in [2.24, 2.45) is 5.11 Å². The molecule has 0 fully saturated rings. The summed E-state index contributed by atoms with van der Waals surface area (Å²) in [4.78, 5) is 7.39. The van der Waals surface area contributed by atoms with E-state index in [9.17, 15) is 0 Å². The number of aryl methyl sites for hydroxylation is 1. The van der Waals surface area contributed by atoms with E-state index in [1.807, 2.05) is 49.4 Å². The van der Waals surface area contributed by atoms with Crippen LogP contribution in [0.3, 0.4) is 0 Å². The summed E-state index contributed by atoms with van der Waals surface area (Å²) in [5, 5.41) is 6.88. The molecule has 0 aliphatic rings. The second-order valence-electron chi connectivity index (χ2n) is 4.15. The molecule has 0 atom stereocenters. The van der Waals surface area contributed by atoms with E-state index in [0.717, 1.165) is 27.4 Å². The molecule has 0 bridgehead atoms. The second kappa shape index (κ2) is 4.02. The molecule has 4 heteroatoms. The van der Waals surface area contributed by atoms with Gasteiger partial charge in [-0.3, -0.25) is 4.98 Å². The van der Waals surface area contributed by atoms with E-state index >= 15 is 0 Å². The number of nitrogens with zero attached hydrogens (tertiary/aromatic N) is 4. The first kappa shape index (κ1) is 10.6. The maximum absolute atomic E-state index is 8.68. The number of rotatable bonds is 1. The minimum absolute atomic E-state index is 0.636. The first-order valence-corrected chi connectivity index (χ1v) is 5.64. The molecule has 0 aliphatic carbocycles. The Morgan fingerprint density at radius 2 is 2.00 bits per heavy atom. The molecule has 0 unspecified atom stereocenters. The van der Waals surface area contributed by atoms with Crippen LogP contribution >= 0.6 is 0 Å². The first-order valence-electron chi connectivity index (χ1n) is 5.64. The largest absolute Gasteiger partial charge is 0.253 e. The molecule has 0 radical (unpaired) electrons. The Kier molecular flexibility index (Phi) is 2.36. The third kappa shape index (κ3) is 1.56. The van der Waals surface area contributed by atoms with Gasteiger partial charge in [0, 0.05) is 21.7 Å². The summed E-state index contributed by atoms with van der Waals surface area (Å²) < 4.78 is 0. The van der Waals surface area contributed by atoms with Gasteiger partial charge in [0.2, 0.25) is 0 Å². The van der Waals surface area contributed by atoms with Crippen molar-refractivity contribution in [3.63, 3.8) is 0 Å². The van der Waals surface area contributed by atoms with Crippen molar-refractivity contribution in [2.75, 3.05) is 0 Å². The lowest BCUT2D eigenvalue weighted by atomic mass is 10.0. The predicted octanol–water partition coefficient (Wildman–Crippen LogP) is 4.64. The third-order valence-corrected chi connectivity index (χ3v) is 2.96. The fourth-order valence-corrected chi connectivity index (χ4v) is 2.24. The second-order valence-corrected chi connectivity index (χ2v) is 4.15. The van der Waals surface area contributed by atoms with Gasteiger partial charge in [-0.05, 0) is 35.4 Å². The Bertz CT molecular complexity index is 801. The summed E-state index contributed by atoms with van der Waals surface area (Å²) in [6.07, 6.45) is 0. The maximum atomic E-state index is 8.68. The van der Waals surface area contributed by atoms with Crippen LogP contribution in [0, 0.1) is 6.92 Å². The van der Waals surface area contributed by atoms with Crippen LogP contribution in [0.2, 0.25) is 0 Å². The number of hydrogen-bond acceptors (Lipinski definition) is 2. The Morgan fingerprint density at radius 3 is 2.83 bits per heavy atom. The maximum Gasteiger partial charge on any atom is 0.0716 e. The number of aromatic nitrogens is 1. The summed E-state index contributed by atoms with van der Waals surface area (Å²) in [6, 6.07) is 13.8. The minimum Gasteiger partial charge on any atom is -0.253 e. The predicted molar refractivity (Wildman–Crippen MR) is 72.8 cm³/mol. The summed E-state index contributed by atoms with van der Waals surface area (Å²) in [5.41, 5.74) is 11.0. The zero-order valence-corrected chi connectivity index (χ0v) is 9.83. The van der Waals surface area contributed by atoms with Crippen molar-refractivity contribution in [3.05, 3.63) is 58.6 Å². The molecule has 1 heterocycles. The zero-order chi connectivity index (χ0) is 12.5. The molecule has 0 saturated heterocycles. The topological polar surface area (TPSA) is 61.7 Å². The molecule has 0 amide bonds. The van der Waals surface area contributed by atoms with Crippen LogP contribution in [0.25, 0.3) is 32.1 Å². The van der Waals surface area contributed by atoms with E-state index in [2.05, 4.69) is 15.0 Å². The van der Waals surface area contributed by atoms with Crippen LogP contribution in [0.5, 0.6) is 0 Å². The van der Waals surface area contributed by atoms with Gasteiger partial charge in [-0.1, -0.05) is 35.4 Å². The van der Waals surface area contributed by atoms with Crippen molar-refractivity contribution in [1.82, 2.24) is 4.98 Å². The van der Waals surface area contributed by atoms with Gasteiger partial charge in [0.05, 0.1) is 5.52 Å². The van der Waals surface area contributed by atoms with Crippen LogP contribution in [-0.4, -0.2) is 4.98 Å². The van der Waals surface area contributed by atoms with Crippen LogP contribution in [-0.2, 0) is 0 Å². The molecule has 3 rings (SSSR count). The van der Waals surface area contributed by atoms with E-state index in [-0.39, 0.29) is 0 Å². The Morgan fingerprint density at radius 1 is 1.17 bits per heavy atom. The van der Waals surface area contributed by atoms with Crippen molar-refractivity contribution in [3.8, 4) is 0 Å². The molecular formula is C14H10N4. The van der Waals surface area contributed by atoms with Gasteiger partial charge in [-0.25, -0.2) is 0 Å². The molecule has 4 nitrogen and oxygen atoms in total. The lowest BCUT2D eigenvalue weighted by Gasteiger charge is -2.07. The molecule has 3 aromatic rings. The number of pyridine rings is 1. The van der Waals surface area contributed by atoms with Crippen LogP contribution in [0.15, 0.2) is 47.6 Å². The number of benzene rings is 2. The summed E-state index contributed by atoms with van der Waals surface area (Å²) in [6.45, 7) is 1.89. The molecular weight excluding hydrogens is 224 g/mol. The van der Waals surface area contributed by atoms with E-state index in [4.69, 9.17) is 5.53 Å². The van der Waals surface area contributed by atoms with Gasteiger partial charge >= 0.3 is 0 Å². The fourth-order valence-electron chi connectivity index (χ4n) is 2.24. The van der Waals surface area contributed by atoms with Gasteiger partial charge in [-0.15, -0.1) is 0 Å². The lowest BCUT2D eigenvalue weighted by Crippen LogP contribution is -1.85. The zero-order valence-electron chi connectivity index (χ0n) is 9.83. The number of hydrogen-bond donors (Lipinski definition) is 0. The van der Waals surface area contributed by atoms with E-state index < -0.39 is 0 Å². The minimum atomic E-state index is 0.636. The quantitative estimate of drug-likeness (QED) is 0.262. The van der Waals surface area contributed by atoms with Gasteiger partial charge in [-0.2, -0.15) is 0 Å².